The number of aliphatic carboxylic acids is 1. The van der Waals surface area contributed by atoms with E-state index in [1.54, 1.807) is 19.2 Å². The standard InChI is InChI=1S/C16H22FNO3/c1-11-3-8-14(10-21-2)18(9-11)15(16(19)20)12-4-6-13(17)7-5-12/h4-7,11,14-15H,3,8-10H2,1-2H3,(H,19,20)/t11-,14+,15?/m1/s1. The summed E-state index contributed by atoms with van der Waals surface area (Å²) in [6, 6.07) is 5.05. The van der Waals surface area contributed by atoms with E-state index < -0.39 is 12.0 Å². The van der Waals surface area contributed by atoms with Gasteiger partial charge in [0, 0.05) is 19.7 Å². The van der Waals surface area contributed by atoms with Crippen LogP contribution in [0.2, 0.25) is 0 Å². The summed E-state index contributed by atoms with van der Waals surface area (Å²) >= 11 is 0. The molecule has 1 aromatic carbocycles. The van der Waals surface area contributed by atoms with Crippen LogP contribution in [-0.2, 0) is 9.53 Å². The maximum Gasteiger partial charge on any atom is 0.325 e. The first-order chi connectivity index (χ1) is 10.0. The number of methoxy groups -OCH3 is 1. The van der Waals surface area contributed by atoms with Gasteiger partial charge in [0.25, 0.3) is 0 Å². The second kappa shape index (κ2) is 7.00. The molecule has 0 saturated carbocycles. The zero-order valence-electron chi connectivity index (χ0n) is 12.5. The normalized spacial score (nSPS) is 24.7. The van der Waals surface area contributed by atoms with E-state index in [0.717, 1.165) is 12.8 Å². The average Bonchev–Trinajstić information content (AvgIpc) is 2.44. The van der Waals surface area contributed by atoms with Crippen LogP contribution in [0.25, 0.3) is 0 Å². The summed E-state index contributed by atoms with van der Waals surface area (Å²) in [7, 11) is 1.63. The van der Waals surface area contributed by atoms with E-state index in [1.807, 2.05) is 4.90 Å². The van der Waals surface area contributed by atoms with Gasteiger partial charge in [0.15, 0.2) is 0 Å². The van der Waals surface area contributed by atoms with Gasteiger partial charge in [-0.25, -0.2) is 4.39 Å². The number of ether oxygens (including phenoxy) is 1. The Kier molecular flexibility index (Phi) is 5.31. The number of piperidine rings is 1. The van der Waals surface area contributed by atoms with E-state index >= 15 is 0 Å². The topological polar surface area (TPSA) is 49.8 Å². The van der Waals surface area contributed by atoms with E-state index in [2.05, 4.69) is 6.92 Å². The summed E-state index contributed by atoms with van der Waals surface area (Å²) in [6.07, 6.45) is 1.99. The van der Waals surface area contributed by atoms with Crippen LogP contribution in [0.4, 0.5) is 4.39 Å². The van der Waals surface area contributed by atoms with Crippen molar-refractivity contribution in [3.63, 3.8) is 0 Å². The fourth-order valence-electron chi connectivity index (χ4n) is 3.05. The van der Waals surface area contributed by atoms with Crippen LogP contribution in [0, 0.1) is 11.7 Å². The quantitative estimate of drug-likeness (QED) is 0.907. The van der Waals surface area contributed by atoms with Gasteiger partial charge in [-0.1, -0.05) is 19.1 Å². The molecule has 0 aromatic heterocycles. The highest BCUT2D eigenvalue weighted by molar-refractivity contribution is 5.75. The molecule has 1 aliphatic heterocycles. The molecule has 1 heterocycles. The van der Waals surface area contributed by atoms with E-state index in [0.29, 0.717) is 24.6 Å². The number of carboxylic acid groups (broad SMARTS) is 1. The molecule has 0 radical (unpaired) electrons. The molecule has 1 aromatic rings. The first-order valence-corrected chi connectivity index (χ1v) is 7.26. The molecule has 1 N–H and O–H groups in total. The molecule has 1 aliphatic rings. The van der Waals surface area contributed by atoms with Gasteiger partial charge in [0.1, 0.15) is 11.9 Å². The van der Waals surface area contributed by atoms with Crippen molar-refractivity contribution in [2.75, 3.05) is 20.3 Å². The van der Waals surface area contributed by atoms with Gasteiger partial charge in [0.05, 0.1) is 6.61 Å². The molecule has 3 atom stereocenters. The third-order valence-electron chi connectivity index (χ3n) is 4.09. The van der Waals surface area contributed by atoms with Crippen LogP contribution in [0.5, 0.6) is 0 Å². The number of likely N-dealkylation sites (tertiary alicyclic amines) is 1. The van der Waals surface area contributed by atoms with Gasteiger partial charge in [-0.05, 0) is 36.5 Å². The molecule has 1 fully saturated rings. The SMILES string of the molecule is COC[C@@H]1CC[C@@H](C)CN1C(C(=O)O)c1ccc(F)cc1. The summed E-state index contributed by atoms with van der Waals surface area (Å²) < 4.78 is 18.3. The molecule has 0 spiro atoms. The molecule has 0 amide bonds. The number of hydrogen-bond acceptors (Lipinski definition) is 3. The lowest BCUT2D eigenvalue weighted by molar-refractivity contribution is -0.146. The van der Waals surface area contributed by atoms with Crippen molar-refractivity contribution >= 4 is 5.97 Å². The van der Waals surface area contributed by atoms with Crippen LogP contribution < -0.4 is 0 Å². The predicted molar refractivity (Wildman–Crippen MR) is 77.5 cm³/mol. The molecule has 1 unspecified atom stereocenters. The summed E-state index contributed by atoms with van der Waals surface area (Å²) in [5.41, 5.74) is 0.610. The van der Waals surface area contributed by atoms with Crippen molar-refractivity contribution in [3.8, 4) is 0 Å². The fourth-order valence-corrected chi connectivity index (χ4v) is 3.05. The van der Waals surface area contributed by atoms with Gasteiger partial charge in [-0.2, -0.15) is 0 Å². The van der Waals surface area contributed by atoms with Crippen LogP contribution in [0.3, 0.4) is 0 Å². The summed E-state index contributed by atoms with van der Waals surface area (Å²) in [5, 5.41) is 9.64. The number of halogens is 1. The minimum Gasteiger partial charge on any atom is -0.480 e. The Hall–Kier alpha value is -1.46. The number of carbonyl (C=O) groups is 1. The van der Waals surface area contributed by atoms with E-state index in [4.69, 9.17) is 4.74 Å². The van der Waals surface area contributed by atoms with Crippen LogP contribution in [0.15, 0.2) is 24.3 Å². The minimum atomic E-state index is -0.906. The molecule has 1 saturated heterocycles. The van der Waals surface area contributed by atoms with Gasteiger partial charge in [-0.3, -0.25) is 9.69 Å². The maximum absolute atomic E-state index is 13.1. The van der Waals surface area contributed by atoms with Gasteiger partial charge >= 0.3 is 5.97 Å². The third-order valence-corrected chi connectivity index (χ3v) is 4.09. The van der Waals surface area contributed by atoms with E-state index in [-0.39, 0.29) is 11.9 Å². The lowest BCUT2D eigenvalue weighted by atomic mass is 9.91. The first kappa shape index (κ1) is 15.9. The molecule has 0 bridgehead atoms. The summed E-state index contributed by atoms with van der Waals surface area (Å²) in [4.78, 5) is 13.7. The van der Waals surface area contributed by atoms with Crippen molar-refractivity contribution in [1.82, 2.24) is 4.90 Å². The molecule has 4 nitrogen and oxygen atoms in total. The second-order valence-corrected chi connectivity index (χ2v) is 5.78. The zero-order chi connectivity index (χ0) is 15.4. The largest absolute Gasteiger partial charge is 0.480 e. The molecule has 2 rings (SSSR count). The third kappa shape index (κ3) is 3.80. The summed E-state index contributed by atoms with van der Waals surface area (Å²) in [5.74, 6) is -0.819. The number of hydrogen-bond donors (Lipinski definition) is 1. The van der Waals surface area contributed by atoms with Crippen molar-refractivity contribution in [2.24, 2.45) is 5.92 Å². The van der Waals surface area contributed by atoms with Crippen LogP contribution >= 0.6 is 0 Å². The van der Waals surface area contributed by atoms with Crippen molar-refractivity contribution in [3.05, 3.63) is 35.6 Å². The van der Waals surface area contributed by atoms with E-state index in [1.165, 1.54) is 12.1 Å². The average molecular weight is 295 g/mol. The van der Waals surface area contributed by atoms with Crippen molar-refractivity contribution < 1.29 is 19.0 Å². The van der Waals surface area contributed by atoms with Crippen LogP contribution in [0.1, 0.15) is 31.4 Å². The molecular weight excluding hydrogens is 273 g/mol. The summed E-state index contributed by atoms with van der Waals surface area (Å²) in [6.45, 7) is 3.35. The maximum atomic E-state index is 13.1. The highest BCUT2D eigenvalue weighted by Gasteiger charge is 2.36. The molecule has 0 aliphatic carbocycles. The lowest BCUT2D eigenvalue weighted by Crippen LogP contribution is -2.49. The van der Waals surface area contributed by atoms with Crippen molar-refractivity contribution in [2.45, 2.75) is 31.8 Å². The predicted octanol–water partition coefficient (Wildman–Crippen LogP) is 2.70. The van der Waals surface area contributed by atoms with E-state index in [9.17, 15) is 14.3 Å². The van der Waals surface area contributed by atoms with Gasteiger partial charge in [0.2, 0.25) is 0 Å². The molecule has 5 heteroatoms. The lowest BCUT2D eigenvalue weighted by Gasteiger charge is -2.41. The number of rotatable bonds is 5. The molecule has 21 heavy (non-hydrogen) atoms. The number of benzene rings is 1. The number of carboxylic acids is 1. The molecular formula is C16H22FNO3. The second-order valence-electron chi connectivity index (χ2n) is 5.78. The Morgan fingerprint density at radius 3 is 2.67 bits per heavy atom. The Labute approximate surface area is 124 Å². The smallest absolute Gasteiger partial charge is 0.325 e. The van der Waals surface area contributed by atoms with Crippen LogP contribution in [-0.4, -0.2) is 42.3 Å². The molecule has 116 valence electrons. The zero-order valence-corrected chi connectivity index (χ0v) is 12.5. The highest BCUT2D eigenvalue weighted by atomic mass is 19.1. The Bertz CT molecular complexity index is 477. The monoisotopic (exact) mass is 295 g/mol. The Balaban J connectivity index is 2.29. The fraction of sp³-hybridized carbons (Fsp3) is 0.562. The Morgan fingerprint density at radius 2 is 2.10 bits per heavy atom. The first-order valence-electron chi connectivity index (χ1n) is 7.26. The number of nitrogens with zero attached hydrogens (tertiary/aromatic N) is 1. The minimum absolute atomic E-state index is 0.0809. The van der Waals surface area contributed by atoms with Gasteiger partial charge in [-0.15, -0.1) is 0 Å². The van der Waals surface area contributed by atoms with Crippen molar-refractivity contribution in [1.29, 1.82) is 0 Å². The van der Waals surface area contributed by atoms with Gasteiger partial charge < -0.3 is 9.84 Å². The Morgan fingerprint density at radius 1 is 1.43 bits per heavy atom. The highest BCUT2D eigenvalue weighted by Crippen LogP contribution is 2.31.